The van der Waals surface area contributed by atoms with E-state index in [1.54, 1.807) is 19.1 Å². The van der Waals surface area contributed by atoms with Crippen LogP contribution in [0.3, 0.4) is 0 Å². The molecule has 0 saturated carbocycles. The van der Waals surface area contributed by atoms with Gasteiger partial charge in [0.25, 0.3) is 0 Å². The third-order valence-corrected chi connectivity index (χ3v) is 5.31. The first-order valence-electron chi connectivity index (χ1n) is 7.87. The molecule has 0 radical (unpaired) electrons. The lowest BCUT2D eigenvalue weighted by Crippen LogP contribution is -2.46. The van der Waals surface area contributed by atoms with Crippen LogP contribution in [0.2, 0.25) is 0 Å². The van der Waals surface area contributed by atoms with Crippen molar-refractivity contribution in [2.24, 2.45) is 0 Å². The number of hydrogen-bond donors (Lipinski definition) is 1. The number of nitrogens with one attached hydrogen (secondary N) is 1. The molecule has 1 atom stereocenters. The molecule has 1 aliphatic rings. The van der Waals surface area contributed by atoms with Crippen LogP contribution in [0.5, 0.6) is 0 Å². The van der Waals surface area contributed by atoms with E-state index >= 15 is 0 Å². The summed E-state index contributed by atoms with van der Waals surface area (Å²) in [5.74, 6) is 0.246. The highest BCUT2D eigenvalue weighted by Gasteiger charge is 2.22. The number of benzene rings is 1. The van der Waals surface area contributed by atoms with Crippen LogP contribution in [0.25, 0.3) is 0 Å². The number of thioether (sulfide) groups is 1. The zero-order valence-corrected chi connectivity index (χ0v) is 14.4. The Morgan fingerprint density at radius 3 is 2.48 bits per heavy atom. The van der Waals surface area contributed by atoms with Crippen molar-refractivity contribution in [2.45, 2.75) is 38.0 Å². The standard InChI is InChI=1S/C17H23FN2O2S/c1-12(14-3-5-15(18)6-4-14)23-11-17(22)19-16-7-9-20(10-8-16)13(2)21/h3-6,12,16H,7-11H2,1-2H3,(H,19,22)/t12-/m0/s1. The number of nitrogens with zero attached hydrogens (tertiary/aromatic N) is 1. The number of amides is 2. The smallest absolute Gasteiger partial charge is 0.230 e. The van der Waals surface area contributed by atoms with Crippen LogP contribution in [-0.2, 0) is 9.59 Å². The number of halogens is 1. The number of carbonyl (C=O) groups excluding carboxylic acids is 2. The number of rotatable bonds is 5. The summed E-state index contributed by atoms with van der Waals surface area (Å²) in [7, 11) is 0. The fourth-order valence-corrected chi connectivity index (χ4v) is 3.47. The lowest BCUT2D eigenvalue weighted by atomic mass is 10.1. The van der Waals surface area contributed by atoms with E-state index in [1.165, 1.54) is 23.9 Å². The molecule has 0 spiro atoms. The summed E-state index contributed by atoms with van der Waals surface area (Å²) in [6.07, 6.45) is 1.62. The highest BCUT2D eigenvalue weighted by Crippen LogP contribution is 2.27. The van der Waals surface area contributed by atoms with Gasteiger partial charge in [0.15, 0.2) is 0 Å². The van der Waals surface area contributed by atoms with Gasteiger partial charge in [0.1, 0.15) is 5.82 Å². The molecule has 2 amide bonds. The number of piperidine rings is 1. The van der Waals surface area contributed by atoms with Crippen LogP contribution in [-0.4, -0.2) is 41.6 Å². The fourth-order valence-electron chi connectivity index (χ4n) is 2.64. The van der Waals surface area contributed by atoms with Gasteiger partial charge in [-0.05, 0) is 37.5 Å². The third-order valence-electron chi connectivity index (χ3n) is 4.11. The van der Waals surface area contributed by atoms with Crippen LogP contribution >= 0.6 is 11.8 Å². The molecule has 1 heterocycles. The van der Waals surface area contributed by atoms with Crippen molar-refractivity contribution < 1.29 is 14.0 Å². The summed E-state index contributed by atoms with van der Waals surface area (Å²) in [4.78, 5) is 25.1. The predicted molar refractivity (Wildman–Crippen MR) is 90.7 cm³/mol. The maximum atomic E-state index is 12.9. The first-order chi connectivity index (χ1) is 11.0. The van der Waals surface area contributed by atoms with Gasteiger partial charge in [0, 0.05) is 31.3 Å². The first kappa shape index (κ1) is 17.8. The highest BCUT2D eigenvalue weighted by atomic mass is 32.2. The summed E-state index contributed by atoms with van der Waals surface area (Å²) >= 11 is 1.54. The predicted octanol–water partition coefficient (Wildman–Crippen LogP) is 2.75. The van der Waals surface area contributed by atoms with Gasteiger partial charge in [-0.1, -0.05) is 12.1 Å². The molecular weight excluding hydrogens is 315 g/mol. The minimum absolute atomic E-state index is 0.0187. The van der Waals surface area contributed by atoms with E-state index in [9.17, 15) is 14.0 Å². The molecular formula is C17H23FN2O2S. The summed E-state index contributed by atoms with van der Waals surface area (Å²) in [6.45, 7) is 5.00. The summed E-state index contributed by atoms with van der Waals surface area (Å²) in [5, 5.41) is 3.18. The average Bonchev–Trinajstić information content (AvgIpc) is 2.54. The Morgan fingerprint density at radius 1 is 1.30 bits per heavy atom. The van der Waals surface area contributed by atoms with Crippen LogP contribution in [0.1, 0.15) is 37.5 Å². The molecule has 2 rings (SSSR count). The lowest BCUT2D eigenvalue weighted by molar-refractivity contribution is -0.130. The van der Waals surface area contributed by atoms with Gasteiger partial charge in [-0.25, -0.2) is 4.39 Å². The number of likely N-dealkylation sites (tertiary alicyclic amines) is 1. The van der Waals surface area contributed by atoms with Crippen molar-refractivity contribution in [1.82, 2.24) is 10.2 Å². The minimum atomic E-state index is -0.249. The molecule has 1 fully saturated rings. The molecule has 1 aromatic rings. The van der Waals surface area contributed by atoms with Crippen molar-refractivity contribution in [2.75, 3.05) is 18.8 Å². The SMILES string of the molecule is CC(=O)N1CCC(NC(=O)CS[C@@H](C)c2ccc(F)cc2)CC1. The molecule has 0 bridgehead atoms. The van der Waals surface area contributed by atoms with Gasteiger partial charge in [-0.3, -0.25) is 9.59 Å². The van der Waals surface area contributed by atoms with Crippen molar-refractivity contribution in [1.29, 1.82) is 0 Å². The first-order valence-corrected chi connectivity index (χ1v) is 8.92. The Labute approximate surface area is 140 Å². The third kappa shape index (κ3) is 5.53. The van der Waals surface area contributed by atoms with Crippen molar-refractivity contribution in [3.8, 4) is 0 Å². The second-order valence-electron chi connectivity index (χ2n) is 5.85. The Hall–Kier alpha value is -1.56. The van der Waals surface area contributed by atoms with E-state index in [2.05, 4.69) is 5.32 Å². The summed E-state index contributed by atoms with van der Waals surface area (Å²) in [5.41, 5.74) is 1.01. The molecule has 0 unspecified atom stereocenters. The van der Waals surface area contributed by atoms with Gasteiger partial charge in [-0.2, -0.15) is 0 Å². The van der Waals surface area contributed by atoms with E-state index in [4.69, 9.17) is 0 Å². The molecule has 4 nitrogen and oxygen atoms in total. The maximum Gasteiger partial charge on any atom is 0.230 e. The summed E-state index contributed by atoms with van der Waals surface area (Å²) < 4.78 is 12.9. The van der Waals surface area contributed by atoms with E-state index in [0.717, 1.165) is 18.4 Å². The van der Waals surface area contributed by atoms with Gasteiger partial charge in [0.05, 0.1) is 5.75 Å². The number of carbonyl (C=O) groups is 2. The van der Waals surface area contributed by atoms with E-state index in [1.807, 2.05) is 11.8 Å². The lowest BCUT2D eigenvalue weighted by Gasteiger charge is -2.31. The monoisotopic (exact) mass is 338 g/mol. The molecule has 1 aliphatic heterocycles. The molecule has 1 aromatic carbocycles. The number of hydrogen-bond acceptors (Lipinski definition) is 3. The van der Waals surface area contributed by atoms with Gasteiger partial charge < -0.3 is 10.2 Å². The van der Waals surface area contributed by atoms with Crippen LogP contribution < -0.4 is 5.32 Å². The molecule has 126 valence electrons. The highest BCUT2D eigenvalue weighted by molar-refractivity contribution is 8.00. The Kier molecular flexibility index (Phi) is 6.45. The van der Waals surface area contributed by atoms with Crippen LogP contribution in [0, 0.1) is 5.82 Å². The normalized spacial score (nSPS) is 16.9. The minimum Gasteiger partial charge on any atom is -0.353 e. The molecule has 6 heteroatoms. The Balaban J connectivity index is 1.71. The fraction of sp³-hybridized carbons (Fsp3) is 0.529. The molecule has 0 aromatic heterocycles. The van der Waals surface area contributed by atoms with Gasteiger partial charge in [0.2, 0.25) is 11.8 Å². The van der Waals surface area contributed by atoms with E-state index in [-0.39, 0.29) is 28.9 Å². The van der Waals surface area contributed by atoms with Crippen LogP contribution in [0.4, 0.5) is 4.39 Å². The van der Waals surface area contributed by atoms with E-state index < -0.39 is 0 Å². The Morgan fingerprint density at radius 2 is 1.91 bits per heavy atom. The topological polar surface area (TPSA) is 49.4 Å². The van der Waals surface area contributed by atoms with Gasteiger partial charge >= 0.3 is 0 Å². The quantitative estimate of drug-likeness (QED) is 0.898. The van der Waals surface area contributed by atoms with Crippen molar-refractivity contribution in [3.05, 3.63) is 35.6 Å². The van der Waals surface area contributed by atoms with Crippen LogP contribution in [0.15, 0.2) is 24.3 Å². The molecule has 0 aliphatic carbocycles. The Bertz CT molecular complexity index is 542. The maximum absolute atomic E-state index is 12.9. The zero-order valence-electron chi connectivity index (χ0n) is 13.5. The second-order valence-corrected chi connectivity index (χ2v) is 7.18. The molecule has 23 heavy (non-hydrogen) atoms. The zero-order chi connectivity index (χ0) is 16.8. The van der Waals surface area contributed by atoms with Crippen molar-refractivity contribution in [3.63, 3.8) is 0 Å². The second kappa shape index (κ2) is 8.34. The summed E-state index contributed by atoms with van der Waals surface area (Å²) in [6, 6.07) is 6.54. The van der Waals surface area contributed by atoms with Gasteiger partial charge in [-0.15, -0.1) is 11.8 Å². The molecule has 1 saturated heterocycles. The average molecular weight is 338 g/mol. The van der Waals surface area contributed by atoms with E-state index in [0.29, 0.717) is 18.8 Å². The largest absolute Gasteiger partial charge is 0.353 e. The van der Waals surface area contributed by atoms with Crippen molar-refractivity contribution >= 4 is 23.6 Å². The molecule has 1 N–H and O–H groups in total.